The van der Waals surface area contributed by atoms with Crippen molar-refractivity contribution in [3.63, 3.8) is 0 Å². The Labute approximate surface area is 262 Å². The summed E-state index contributed by atoms with van der Waals surface area (Å²) in [6, 6.07) is 9.93. The van der Waals surface area contributed by atoms with Crippen LogP contribution in [0, 0.1) is 0 Å². The summed E-state index contributed by atoms with van der Waals surface area (Å²) in [5.41, 5.74) is 1.06. The zero-order valence-electron chi connectivity index (χ0n) is 26.1. The standard InChI is InChI=1S/C32H52O12/c1-4-12-41-30-29(43-24-23-39-22-21-38-20-19-37-18-17-36-16-15-35-14-11-33)28(26-40-25-27-9-7-6-8-10-27)44-32(34-3)31(30)42-13-5-2/h4-10,28-33H,1-2,11-26H2,3H3/t28-,29-,30+,31-,32+/m1/s1. The highest BCUT2D eigenvalue weighted by Gasteiger charge is 2.48. The van der Waals surface area contributed by atoms with Crippen LogP contribution < -0.4 is 0 Å². The van der Waals surface area contributed by atoms with Gasteiger partial charge >= 0.3 is 0 Å². The number of aliphatic hydroxyl groups is 1. The molecule has 1 aliphatic rings. The molecule has 1 N–H and O–H groups in total. The van der Waals surface area contributed by atoms with Crippen molar-refractivity contribution in [2.45, 2.75) is 37.3 Å². The van der Waals surface area contributed by atoms with Crippen LogP contribution >= 0.6 is 0 Å². The molecule has 252 valence electrons. The van der Waals surface area contributed by atoms with Gasteiger partial charge in [-0.15, -0.1) is 13.2 Å². The molecule has 0 aromatic heterocycles. The van der Waals surface area contributed by atoms with Gasteiger partial charge in [0.2, 0.25) is 0 Å². The predicted molar refractivity (Wildman–Crippen MR) is 163 cm³/mol. The van der Waals surface area contributed by atoms with Gasteiger partial charge < -0.3 is 57.2 Å². The summed E-state index contributed by atoms with van der Waals surface area (Å²) in [4.78, 5) is 0. The van der Waals surface area contributed by atoms with E-state index in [9.17, 15) is 0 Å². The van der Waals surface area contributed by atoms with Crippen molar-refractivity contribution >= 4 is 0 Å². The Kier molecular flexibility index (Phi) is 23.1. The van der Waals surface area contributed by atoms with Gasteiger partial charge in [0.25, 0.3) is 0 Å². The van der Waals surface area contributed by atoms with Crippen molar-refractivity contribution in [2.75, 3.05) is 106 Å². The molecule has 1 aliphatic heterocycles. The monoisotopic (exact) mass is 628 g/mol. The first kappa shape index (κ1) is 38.4. The molecule has 44 heavy (non-hydrogen) atoms. The molecule has 1 aromatic rings. The smallest absolute Gasteiger partial charge is 0.186 e. The third-order valence-electron chi connectivity index (χ3n) is 6.29. The van der Waals surface area contributed by atoms with E-state index in [2.05, 4.69) is 13.2 Å². The third-order valence-corrected chi connectivity index (χ3v) is 6.29. The Morgan fingerprint density at radius 3 is 1.70 bits per heavy atom. The number of rotatable bonds is 29. The summed E-state index contributed by atoms with van der Waals surface area (Å²) >= 11 is 0. The molecule has 0 unspecified atom stereocenters. The van der Waals surface area contributed by atoms with Crippen LogP contribution in [0.4, 0.5) is 0 Å². The summed E-state index contributed by atoms with van der Waals surface area (Å²) in [5, 5.41) is 8.63. The maximum Gasteiger partial charge on any atom is 0.186 e. The SMILES string of the molecule is C=CCO[C@@H]1[C@@H](OCC=C)[C@@H](OC)O[C@H](COCc2ccccc2)[C@H]1OCCOCCOCCOCCOCCOCCO. The molecule has 5 atom stereocenters. The molecule has 1 heterocycles. The molecule has 0 amide bonds. The van der Waals surface area contributed by atoms with E-state index >= 15 is 0 Å². The largest absolute Gasteiger partial charge is 0.394 e. The second-order valence-corrected chi connectivity index (χ2v) is 9.57. The first-order chi connectivity index (χ1) is 21.7. The highest BCUT2D eigenvalue weighted by Crippen LogP contribution is 2.29. The van der Waals surface area contributed by atoms with Crippen LogP contribution in [0.25, 0.3) is 0 Å². The summed E-state index contributed by atoms with van der Waals surface area (Å²) in [5.74, 6) is 0. The minimum absolute atomic E-state index is 0.0127. The van der Waals surface area contributed by atoms with E-state index in [1.54, 1.807) is 19.3 Å². The third kappa shape index (κ3) is 16.5. The van der Waals surface area contributed by atoms with E-state index in [1.807, 2.05) is 30.3 Å². The molecule has 1 aromatic carbocycles. The second-order valence-electron chi connectivity index (χ2n) is 9.57. The topological polar surface area (TPSA) is 122 Å². The van der Waals surface area contributed by atoms with E-state index in [4.69, 9.17) is 57.2 Å². The van der Waals surface area contributed by atoms with Crippen LogP contribution in [-0.2, 0) is 58.7 Å². The molecule has 0 saturated carbocycles. The van der Waals surface area contributed by atoms with E-state index < -0.39 is 30.7 Å². The Bertz CT molecular complexity index is 814. The maximum atomic E-state index is 8.63. The van der Waals surface area contributed by atoms with E-state index in [0.29, 0.717) is 92.5 Å². The van der Waals surface area contributed by atoms with Crippen LogP contribution in [0.3, 0.4) is 0 Å². The molecular formula is C32H52O12. The van der Waals surface area contributed by atoms with Gasteiger partial charge in [-0.2, -0.15) is 0 Å². The Balaban J connectivity index is 1.73. The van der Waals surface area contributed by atoms with Crippen LogP contribution in [0.2, 0.25) is 0 Å². The van der Waals surface area contributed by atoms with Crippen molar-refractivity contribution in [3.8, 4) is 0 Å². The Morgan fingerprint density at radius 1 is 0.659 bits per heavy atom. The minimum atomic E-state index is -0.683. The fourth-order valence-corrected chi connectivity index (χ4v) is 4.28. The Morgan fingerprint density at radius 2 is 1.18 bits per heavy atom. The molecule has 0 radical (unpaired) electrons. The second kappa shape index (κ2) is 26.4. The fourth-order valence-electron chi connectivity index (χ4n) is 4.28. The average molecular weight is 629 g/mol. The van der Waals surface area contributed by atoms with Gasteiger partial charge in [0.15, 0.2) is 6.29 Å². The lowest BCUT2D eigenvalue weighted by atomic mass is 9.98. The number of aliphatic hydroxyl groups excluding tert-OH is 1. The summed E-state index contributed by atoms with van der Waals surface area (Å²) in [7, 11) is 1.57. The van der Waals surface area contributed by atoms with Gasteiger partial charge in [-0.05, 0) is 5.56 Å². The fraction of sp³-hybridized carbons (Fsp3) is 0.688. The zero-order valence-corrected chi connectivity index (χ0v) is 26.1. The zero-order chi connectivity index (χ0) is 31.5. The number of hydrogen-bond acceptors (Lipinski definition) is 12. The molecule has 1 saturated heterocycles. The summed E-state index contributed by atoms with van der Waals surface area (Å²) in [6.45, 7) is 13.5. The summed E-state index contributed by atoms with van der Waals surface area (Å²) in [6.07, 6.45) is 0.610. The molecule has 1 fully saturated rings. The van der Waals surface area contributed by atoms with Gasteiger partial charge in [0.05, 0.1) is 106 Å². The van der Waals surface area contributed by atoms with Crippen molar-refractivity contribution in [2.24, 2.45) is 0 Å². The number of hydrogen-bond donors (Lipinski definition) is 1. The number of benzene rings is 1. The van der Waals surface area contributed by atoms with Gasteiger partial charge in [0.1, 0.15) is 24.4 Å². The van der Waals surface area contributed by atoms with Crippen LogP contribution in [-0.4, -0.2) is 142 Å². The van der Waals surface area contributed by atoms with Gasteiger partial charge in [-0.25, -0.2) is 0 Å². The van der Waals surface area contributed by atoms with Crippen molar-refractivity contribution < 1.29 is 57.2 Å². The first-order valence-electron chi connectivity index (χ1n) is 15.1. The molecule has 0 bridgehead atoms. The van der Waals surface area contributed by atoms with Crippen molar-refractivity contribution in [1.82, 2.24) is 0 Å². The quantitative estimate of drug-likeness (QED) is 0.103. The maximum absolute atomic E-state index is 8.63. The first-order valence-corrected chi connectivity index (χ1v) is 15.1. The molecule has 12 heteroatoms. The summed E-state index contributed by atoms with van der Waals surface area (Å²) < 4.78 is 63.6. The van der Waals surface area contributed by atoms with Crippen molar-refractivity contribution in [1.29, 1.82) is 0 Å². The van der Waals surface area contributed by atoms with Gasteiger partial charge in [-0.1, -0.05) is 42.5 Å². The molecule has 2 rings (SSSR count). The van der Waals surface area contributed by atoms with Crippen LogP contribution in [0.1, 0.15) is 5.56 Å². The van der Waals surface area contributed by atoms with Crippen molar-refractivity contribution in [3.05, 3.63) is 61.2 Å². The lowest BCUT2D eigenvalue weighted by molar-refractivity contribution is -0.316. The molecule has 0 spiro atoms. The van der Waals surface area contributed by atoms with Gasteiger partial charge in [-0.3, -0.25) is 0 Å². The van der Waals surface area contributed by atoms with Crippen LogP contribution in [0.5, 0.6) is 0 Å². The molecular weight excluding hydrogens is 576 g/mol. The number of methoxy groups -OCH3 is 1. The predicted octanol–water partition coefficient (Wildman–Crippen LogP) is 2.18. The molecule has 12 nitrogen and oxygen atoms in total. The highest BCUT2D eigenvalue weighted by molar-refractivity contribution is 5.13. The van der Waals surface area contributed by atoms with E-state index in [-0.39, 0.29) is 13.2 Å². The highest BCUT2D eigenvalue weighted by atomic mass is 16.7. The van der Waals surface area contributed by atoms with Gasteiger partial charge in [0, 0.05) is 7.11 Å². The average Bonchev–Trinajstić information content (AvgIpc) is 3.05. The van der Waals surface area contributed by atoms with Crippen LogP contribution in [0.15, 0.2) is 55.6 Å². The Hall–Kier alpha value is -1.78. The normalized spacial score (nSPS) is 21.8. The lowest BCUT2D eigenvalue weighted by Gasteiger charge is -2.45. The van der Waals surface area contributed by atoms with E-state index in [0.717, 1.165) is 5.56 Å². The lowest BCUT2D eigenvalue weighted by Crippen LogP contribution is -2.62. The molecule has 0 aliphatic carbocycles. The van der Waals surface area contributed by atoms with E-state index in [1.165, 1.54) is 0 Å². The minimum Gasteiger partial charge on any atom is -0.394 e. The number of ether oxygens (including phenoxy) is 11.